The van der Waals surface area contributed by atoms with Crippen LogP contribution in [-0.2, 0) is 14.6 Å². The minimum Gasteiger partial charge on any atom is -0.392 e. The lowest BCUT2D eigenvalue weighted by atomic mass is 9.94. The molecule has 124 valence electrons. The largest absolute Gasteiger partial charge is 0.392 e. The van der Waals surface area contributed by atoms with Crippen molar-refractivity contribution in [3.05, 3.63) is 29.8 Å². The van der Waals surface area contributed by atoms with Gasteiger partial charge in [-0.1, -0.05) is 39.0 Å². The van der Waals surface area contributed by atoms with Crippen LogP contribution in [-0.4, -0.2) is 31.3 Å². The molecule has 0 aliphatic carbocycles. The van der Waals surface area contributed by atoms with E-state index in [1.807, 2.05) is 0 Å². The van der Waals surface area contributed by atoms with E-state index in [1.54, 1.807) is 45.9 Å². The molecule has 0 saturated carbocycles. The number of aliphatic hydroxyl groups is 1. The van der Waals surface area contributed by atoms with Gasteiger partial charge in [-0.3, -0.25) is 4.79 Å². The fourth-order valence-corrected chi connectivity index (χ4v) is 3.72. The summed E-state index contributed by atoms with van der Waals surface area (Å²) >= 11 is 0. The third kappa shape index (κ3) is 4.81. The summed E-state index contributed by atoms with van der Waals surface area (Å²) in [6.45, 7) is 8.58. The molecule has 0 bridgehead atoms. The van der Waals surface area contributed by atoms with Crippen LogP contribution in [0.4, 0.5) is 0 Å². The van der Waals surface area contributed by atoms with Gasteiger partial charge in [-0.15, -0.1) is 0 Å². The third-order valence-corrected chi connectivity index (χ3v) is 5.17. The van der Waals surface area contributed by atoms with Crippen LogP contribution in [0.15, 0.2) is 29.2 Å². The molecule has 1 rings (SSSR count). The first kappa shape index (κ1) is 18.6. The van der Waals surface area contributed by atoms with Crippen molar-refractivity contribution in [3.8, 4) is 0 Å². The van der Waals surface area contributed by atoms with Crippen LogP contribution in [0.5, 0.6) is 0 Å². The van der Waals surface area contributed by atoms with E-state index in [4.69, 9.17) is 0 Å². The van der Waals surface area contributed by atoms with Crippen molar-refractivity contribution in [2.75, 3.05) is 5.75 Å². The van der Waals surface area contributed by atoms with Crippen molar-refractivity contribution in [2.45, 2.75) is 51.7 Å². The number of hydrogen-bond acceptors (Lipinski definition) is 4. The average Bonchev–Trinajstić information content (AvgIpc) is 2.36. The first-order chi connectivity index (χ1) is 9.95. The standard InChI is InChI=1S/C16H25NO4S/c1-11(18)10-22(20,21)14-9-7-6-8-13(14)12(2)17-15(19)16(3,4)5/h6-9,11-12,18H,10H2,1-5H3,(H,17,19)/t11-,12+/m1/s1. The summed E-state index contributed by atoms with van der Waals surface area (Å²) in [7, 11) is -3.61. The summed E-state index contributed by atoms with van der Waals surface area (Å²) in [4.78, 5) is 12.2. The molecule has 0 unspecified atom stereocenters. The number of sulfone groups is 1. The molecule has 0 aromatic heterocycles. The molecule has 2 N–H and O–H groups in total. The van der Waals surface area contributed by atoms with E-state index in [2.05, 4.69) is 5.32 Å². The molecule has 0 aliphatic heterocycles. The van der Waals surface area contributed by atoms with Crippen molar-refractivity contribution in [3.63, 3.8) is 0 Å². The Hall–Kier alpha value is -1.40. The first-order valence-electron chi connectivity index (χ1n) is 7.26. The van der Waals surface area contributed by atoms with E-state index in [-0.39, 0.29) is 16.6 Å². The molecule has 0 spiro atoms. The van der Waals surface area contributed by atoms with Crippen LogP contribution in [0.2, 0.25) is 0 Å². The van der Waals surface area contributed by atoms with Gasteiger partial charge in [0.25, 0.3) is 0 Å². The summed E-state index contributed by atoms with van der Waals surface area (Å²) in [5.41, 5.74) is -0.0254. The van der Waals surface area contributed by atoms with Gasteiger partial charge < -0.3 is 10.4 Å². The highest BCUT2D eigenvalue weighted by molar-refractivity contribution is 7.91. The maximum absolute atomic E-state index is 12.4. The SMILES string of the molecule is C[C@H](NC(=O)C(C)(C)C)c1ccccc1S(=O)(=O)C[C@@H](C)O. The maximum Gasteiger partial charge on any atom is 0.225 e. The van der Waals surface area contributed by atoms with E-state index in [0.29, 0.717) is 5.56 Å². The number of carbonyl (C=O) groups excluding carboxylic acids is 1. The fraction of sp³-hybridized carbons (Fsp3) is 0.562. The number of amides is 1. The van der Waals surface area contributed by atoms with E-state index < -0.39 is 27.4 Å². The van der Waals surface area contributed by atoms with Crippen molar-refractivity contribution < 1.29 is 18.3 Å². The van der Waals surface area contributed by atoms with Gasteiger partial charge >= 0.3 is 0 Å². The molecule has 0 fully saturated rings. The van der Waals surface area contributed by atoms with Crippen LogP contribution in [0, 0.1) is 5.41 Å². The van der Waals surface area contributed by atoms with Gasteiger partial charge in [-0.2, -0.15) is 0 Å². The van der Waals surface area contributed by atoms with Crippen molar-refractivity contribution >= 4 is 15.7 Å². The number of rotatable bonds is 5. The fourth-order valence-electron chi connectivity index (χ4n) is 2.02. The average molecular weight is 327 g/mol. The van der Waals surface area contributed by atoms with Gasteiger partial charge in [0.15, 0.2) is 9.84 Å². The van der Waals surface area contributed by atoms with Crippen LogP contribution in [0.1, 0.15) is 46.2 Å². The predicted octanol–water partition coefficient (Wildman–Crippen LogP) is 2.06. The lowest BCUT2D eigenvalue weighted by molar-refractivity contribution is -0.129. The van der Waals surface area contributed by atoms with Crippen molar-refractivity contribution in [1.82, 2.24) is 5.32 Å². The molecule has 0 radical (unpaired) electrons. The quantitative estimate of drug-likeness (QED) is 0.867. The minimum absolute atomic E-state index is 0.150. The van der Waals surface area contributed by atoms with E-state index in [9.17, 15) is 18.3 Å². The Balaban J connectivity index is 3.14. The second-order valence-corrected chi connectivity index (χ2v) is 8.62. The number of carbonyl (C=O) groups is 1. The Bertz CT molecular complexity index is 630. The number of benzene rings is 1. The minimum atomic E-state index is -3.61. The maximum atomic E-state index is 12.4. The number of hydrogen-bond donors (Lipinski definition) is 2. The molecule has 0 saturated heterocycles. The van der Waals surface area contributed by atoms with E-state index in [0.717, 1.165) is 0 Å². The molecule has 1 aromatic rings. The molecule has 22 heavy (non-hydrogen) atoms. The molecule has 1 aromatic carbocycles. The summed E-state index contributed by atoms with van der Waals surface area (Å²) in [6, 6.07) is 6.12. The topological polar surface area (TPSA) is 83.5 Å². The highest BCUT2D eigenvalue weighted by Gasteiger charge is 2.27. The Morgan fingerprint density at radius 1 is 1.23 bits per heavy atom. The molecule has 6 heteroatoms. The van der Waals surface area contributed by atoms with Gasteiger partial charge in [-0.05, 0) is 25.5 Å². The zero-order chi connectivity index (χ0) is 17.1. The summed E-state index contributed by atoms with van der Waals surface area (Å²) in [6.07, 6.45) is -0.947. The Labute approximate surface area is 132 Å². The van der Waals surface area contributed by atoms with Crippen molar-refractivity contribution in [1.29, 1.82) is 0 Å². The van der Waals surface area contributed by atoms with E-state index in [1.165, 1.54) is 13.0 Å². The van der Waals surface area contributed by atoms with Gasteiger partial charge in [0.05, 0.1) is 22.8 Å². The predicted molar refractivity (Wildman–Crippen MR) is 86.2 cm³/mol. The zero-order valence-corrected chi connectivity index (χ0v) is 14.6. The second-order valence-electron chi connectivity index (χ2n) is 6.61. The van der Waals surface area contributed by atoms with E-state index >= 15 is 0 Å². The normalized spacial score (nSPS) is 15.2. The van der Waals surface area contributed by atoms with Gasteiger partial charge in [-0.25, -0.2) is 8.42 Å². The molecule has 2 atom stereocenters. The molecular formula is C16H25NO4S. The smallest absolute Gasteiger partial charge is 0.225 e. The van der Waals surface area contributed by atoms with Gasteiger partial charge in [0.1, 0.15) is 0 Å². The van der Waals surface area contributed by atoms with Crippen LogP contribution in [0.3, 0.4) is 0 Å². The zero-order valence-electron chi connectivity index (χ0n) is 13.8. The lowest BCUT2D eigenvalue weighted by Gasteiger charge is -2.23. The Morgan fingerprint density at radius 3 is 2.27 bits per heavy atom. The highest BCUT2D eigenvalue weighted by atomic mass is 32.2. The summed E-state index contributed by atoms with van der Waals surface area (Å²) in [5.74, 6) is -0.494. The summed E-state index contributed by atoms with van der Waals surface area (Å²) < 4.78 is 24.8. The molecular weight excluding hydrogens is 302 g/mol. The monoisotopic (exact) mass is 327 g/mol. The van der Waals surface area contributed by atoms with Crippen molar-refractivity contribution in [2.24, 2.45) is 5.41 Å². The lowest BCUT2D eigenvalue weighted by Crippen LogP contribution is -2.37. The van der Waals surface area contributed by atoms with Crippen LogP contribution < -0.4 is 5.32 Å². The van der Waals surface area contributed by atoms with Crippen LogP contribution in [0.25, 0.3) is 0 Å². The molecule has 0 aliphatic rings. The Morgan fingerprint density at radius 2 is 1.77 bits per heavy atom. The van der Waals surface area contributed by atoms with Gasteiger partial charge in [0, 0.05) is 5.41 Å². The number of aliphatic hydroxyl groups excluding tert-OH is 1. The second kappa shape index (κ2) is 6.79. The third-order valence-electron chi connectivity index (χ3n) is 3.21. The number of nitrogens with one attached hydrogen (secondary N) is 1. The molecule has 1 amide bonds. The Kier molecular flexibility index (Phi) is 5.76. The van der Waals surface area contributed by atoms with Crippen LogP contribution >= 0.6 is 0 Å². The summed E-state index contributed by atoms with van der Waals surface area (Å²) in [5, 5.41) is 12.2. The highest BCUT2D eigenvalue weighted by Crippen LogP contribution is 2.25. The molecule has 5 nitrogen and oxygen atoms in total. The first-order valence-corrected chi connectivity index (χ1v) is 8.91. The molecule has 0 heterocycles. The van der Waals surface area contributed by atoms with Gasteiger partial charge in [0.2, 0.25) is 5.91 Å².